The first-order valence-electron chi connectivity index (χ1n) is 7.79. The van der Waals surface area contributed by atoms with Crippen LogP contribution in [-0.2, 0) is 0 Å². The van der Waals surface area contributed by atoms with Crippen molar-refractivity contribution in [2.45, 2.75) is 25.3 Å². The van der Waals surface area contributed by atoms with E-state index in [4.69, 9.17) is 11.6 Å². The van der Waals surface area contributed by atoms with Crippen molar-refractivity contribution in [3.05, 3.63) is 53.7 Å². The summed E-state index contributed by atoms with van der Waals surface area (Å²) in [6.07, 6.45) is 8.62. The molecular formula is C17H15ClFN5. The fourth-order valence-corrected chi connectivity index (χ4v) is 2.75. The van der Waals surface area contributed by atoms with E-state index in [2.05, 4.69) is 20.4 Å². The number of hydrogen-bond donors (Lipinski definition) is 1. The average Bonchev–Trinajstić information content (AvgIpc) is 3.03. The fraction of sp³-hybridized carbons (Fsp3) is 0.235. The van der Waals surface area contributed by atoms with Gasteiger partial charge in [0.15, 0.2) is 0 Å². The van der Waals surface area contributed by atoms with Crippen molar-refractivity contribution in [2.75, 3.05) is 5.32 Å². The van der Waals surface area contributed by atoms with Crippen LogP contribution in [0.2, 0.25) is 5.02 Å². The molecule has 1 aromatic carbocycles. The lowest BCUT2D eigenvalue weighted by atomic mass is 9.93. The van der Waals surface area contributed by atoms with Gasteiger partial charge in [-0.05, 0) is 43.5 Å². The molecule has 1 fully saturated rings. The first kappa shape index (κ1) is 15.1. The monoisotopic (exact) mass is 343 g/mol. The van der Waals surface area contributed by atoms with Gasteiger partial charge in [0.2, 0.25) is 5.95 Å². The van der Waals surface area contributed by atoms with Crippen LogP contribution >= 0.6 is 11.6 Å². The van der Waals surface area contributed by atoms with Gasteiger partial charge in [0.1, 0.15) is 5.82 Å². The summed E-state index contributed by atoms with van der Waals surface area (Å²) in [4.78, 5) is 8.76. The number of nitrogens with one attached hydrogen (secondary N) is 1. The molecule has 4 rings (SSSR count). The van der Waals surface area contributed by atoms with Crippen LogP contribution < -0.4 is 5.32 Å². The Morgan fingerprint density at radius 1 is 1.17 bits per heavy atom. The highest BCUT2D eigenvalue weighted by Gasteiger charge is 2.19. The number of benzene rings is 1. The summed E-state index contributed by atoms with van der Waals surface area (Å²) in [7, 11) is 0. The van der Waals surface area contributed by atoms with Gasteiger partial charge in [0.05, 0.1) is 28.8 Å². The van der Waals surface area contributed by atoms with Crippen molar-refractivity contribution < 1.29 is 4.39 Å². The van der Waals surface area contributed by atoms with Gasteiger partial charge in [-0.25, -0.2) is 19.0 Å². The van der Waals surface area contributed by atoms with E-state index in [9.17, 15) is 4.39 Å². The molecule has 1 saturated carbocycles. The molecule has 5 nitrogen and oxygen atoms in total. The van der Waals surface area contributed by atoms with E-state index in [1.807, 2.05) is 6.20 Å². The van der Waals surface area contributed by atoms with E-state index >= 15 is 0 Å². The topological polar surface area (TPSA) is 55.6 Å². The Morgan fingerprint density at radius 2 is 1.96 bits per heavy atom. The van der Waals surface area contributed by atoms with Gasteiger partial charge in [-0.2, -0.15) is 5.10 Å². The van der Waals surface area contributed by atoms with E-state index in [-0.39, 0.29) is 5.82 Å². The molecule has 24 heavy (non-hydrogen) atoms. The molecule has 1 N–H and O–H groups in total. The average molecular weight is 344 g/mol. The second-order valence-corrected chi connectivity index (χ2v) is 6.22. The highest BCUT2D eigenvalue weighted by molar-refractivity contribution is 6.32. The SMILES string of the molecule is Fc1ccc(-n2cc(-c3nc(NC4CCC4)ncc3Cl)cn2)cc1. The van der Waals surface area contributed by atoms with E-state index in [1.54, 1.807) is 29.2 Å². The third-order valence-corrected chi connectivity index (χ3v) is 4.41. The quantitative estimate of drug-likeness (QED) is 0.775. The van der Waals surface area contributed by atoms with Crippen LogP contribution in [0, 0.1) is 5.82 Å². The van der Waals surface area contributed by atoms with Crippen molar-refractivity contribution in [3.8, 4) is 16.9 Å². The number of anilines is 1. The second-order valence-electron chi connectivity index (χ2n) is 5.81. The number of rotatable bonds is 4. The van der Waals surface area contributed by atoms with Crippen molar-refractivity contribution in [1.82, 2.24) is 19.7 Å². The van der Waals surface area contributed by atoms with Gasteiger partial charge in [-0.15, -0.1) is 0 Å². The zero-order chi connectivity index (χ0) is 16.5. The lowest BCUT2D eigenvalue weighted by molar-refractivity contribution is 0.443. The number of aromatic nitrogens is 4. The highest BCUT2D eigenvalue weighted by atomic mass is 35.5. The smallest absolute Gasteiger partial charge is 0.223 e. The number of hydrogen-bond acceptors (Lipinski definition) is 4. The first-order valence-corrected chi connectivity index (χ1v) is 8.17. The molecule has 0 saturated heterocycles. The Balaban J connectivity index is 1.63. The van der Waals surface area contributed by atoms with Crippen LogP contribution in [0.15, 0.2) is 42.9 Å². The van der Waals surface area contributed by atoms with Crippen LogP contribution in [0.25, 0.3) is 16.9 Å². The van der Waals surface area contributed by atoms with E-state index in [0.29, 0.717) is 22.7 Å². The molecule has 0 radical (unpaired) electrons. The predicted octanol–water partition coefficient (Wildman–Crippen LogP) is 4.09. The predicted molar refractivity (Wildman–Crippen MR) is 90.8 cm³/mol. The summed E-state index contributed by atoms with van der Waals surface area (Å²) < 4.78 is 14.7. The summed E-state index contributed by atoms with van der Waals surface area (Å²) >= 11 is 6.25. The molecular weight excluding hydrogens is 329 g/mol. The Morgan fingerprint density at radius 3 is 2.67 bits per heavy atom. The first-order chi connectivity index (χ1) is 11.7. The van der Waals surface area contributed by atoms with Gasteiger partial charge in [0.25, 0.3) is 0 Å². The summed E-state index contributed by atoms with van der Waals surface area (Å²) in [6.45, 7) is 0. The van der Waals surface area contributed by atoms with Gasteiger partial charge in [0, 0.05) is 17.8 Å². The Hall–Kier alpha value is -2.47. The molecule has 0 amide bonds. The molecule has 1 aliphatic carbocycles. The molecule has 0 unspecified atom stereocenters. The number of nitrogens with zero attached hydrogens (tertiary/aromatic N) is 4. The third-order valence-electron chi connectivity index (χ3n) is 4.13. The molecule has 3 aromatic rings. The van der Waals surface area contributed by atoms with Crippen molar-refractivity contribution in [2.24, 2.45) is 0 Å². The molecule has 1 aliphatic rings. The fourth-order valence-electron chi connectivity index (χ4n) is 2.55. The third kappa shape index (κ3) is 2.97. The van der Waals surface area contributed by atoms with Gasteiger partial charge in [-0.1, -0.05) is 11.6 Å². The molecule has 0 bridgehead atoms. The highest BCUT2D eigenvalue weighted by Crippen LogP contribution is 2.28. The van der Waals surface area contributed by atoms with Crippen LogP contribution in [0.3, 0.4) is 0 Å². The van der Waals surface area contributed by atoms with Crippen molar-refractivity contribution in [3.63, 3.8) is 0 Å². The van der Waals surface area contributed by atoms with Crippen molar-refractivity contribution in [1.29, 1.82) is 0 Å². The molecule has 122 valence electrons. The normalized spacial score (nSPS) is 14.4. The maximum Gasteiger partial charge on any atom is 0.223 e. The van der Waals surface area contributed by atoms with Crippen LogP contribution in [0.4, 0.5) is 10.3 Å². The lowest BCUT2D eigenvalue weighted by Crippen LogP contribution is -2.28. The van der Waals surface area contributed by atoms with Crippen LogP contribution in [0.1, 0.15) is 19.3 Å². The van der Waals surface area contributed by atoms with Crippen molar-refractivity contribution >= 4 is 17.5 Å². The maximum atomic E-state index is 13.0. The minimum atomic E-state index is -0.281. The molecule has 0 aliphatic heterocycles. The molecule has 7 heteroatoms. The second kappa shape index (κ2) is 6.20. The molecule has 2 heterocycles. The minimum absolute atomic E-state index is 0.281. The largest absolute Gasteiger partial charge is 0.351 e. The Kier molecular flexibility index (Phi) is 3.90. The number of halogens is 2. The van der Waals surface area contributed by atoms with E-state index in [0.717, 1.165) is 24.1 Å². The van der Waals surface area contributed by atoms with Gasteiger partial charge >= 0.3 is 0 Å². The minimum Gasteiger partial charge on any atom is -0.351 e. The summed E-state index contributed by atoms with van der Waals surface area (Å²) in [5.74, 6) is 0.297. The maximum absolute atomic E-state index is 13.0. The summed E-state index contributed by atoms with van der Waals surface area (Å²) in [6, 6.07) is 6.57. The van der Waals surface area contributed by atoms with E-state index in [1.165, 1.54) is 18.6 Å². The van der Waals surface area contributed by atoms with Crippen LogP contribution in [0.5, 0.6) is 0 Å². The van der Waals surface area contributed by atoms with Gasteiger partial charge < -0.3 is 5.32 Å². The molecule has 0 atom stereocenters. The Labute approximate surface area is 143 Å². The Bertz CT molecular complexity index is 858. The zero-order valence-electron chi connectivity index (χ0n) is 12.8. The lowest BCUT2D eigenvalue weighted by Gasteiger charge is -2.26. The van der Waals surface area contributed by atoms with E-state index < -0.39 is 0 Å². The molecule has 2 aromatic heterocycles. The van der Waals surface area contributed by atoms with Crippen LogP contribution in [-0.4, -0.2) is 25.8 Å². The summed E-state index contributed by atoms with van der Waals surface area (Å²) in [5.41, 5.74) is 2.17. The summed E-state index contributed by atoms with van der Waals surface area (Å²) in [5, 5.41) is 8.08. The van der Waals surface area contributed by atoms with Gasteiger partial charge in [-0.3, -0.25) is 0 Å². The zero-order valence-corrected chi connectivity index (χ0v) is 13.5. The molecule has 0 spiro atoms. The standard InChI is InChI=1S/C17H15ClFN5/c18-15-9-20-17(22-13-2-1-3-13)23-16(15)11-8-21-24(10-11)14-6-4-12(19)5-7-14/h4-10,13H,1-3H2,(H,20,22,23).